The first-order chi connectivity index (χ1) is 12.1. The Morgan fingerprint density at radius 1 is 1.28 bits per heavy atom. The molecule has 0 bridgehead atoms. The van der Waals surface area contributed by atoms with Gasteiger partial charge in [0.2, 0.25) is 15.9 Å². The van der Waals surface area contributed by atoms with Crippen molar-refractivity contribution in [1.29, 1.82) is 0 Å². The Morgan fingerprint density at radius 2 is 2.20 bits per heavy atom. The summed E-state index contributed by atoms with van der Waals surface area (Å²) in [6.07, 6.45) is 3.64. The standard InChI is InChI=1S/C17H19N3O4S/c21-25(22,15-5-6-16-13(11-15)7-10-23-16)20-9-2-3-14(12-20)24-17-4-1-8-18-19-17/h1,4-6,8,11,14H,2-3,7,9-10,12H2. The minimum absolute atomic E-state index is 0.224. The maximum absolute atomic E-state index is 13.0. The van der Waals surface area contributed by atoms with Crippen molar-refractivity contribution in [2.45, 2.75) is 30.3 Å². The molecule has 1 saturated heterocycles. The number of piperidine rings is 1. The van der Waals surface area contributed by atoms with Gasteiger partial charge in [0.15, 0.2) is 0 Å². The molecule has 1 aromatic heterocycles. The summed E-state index contributed by atoms with van der Waals surface area (Å²) < 4.78 is 38.7. The fourth-order valence-electron chi connectivity index (χ4n) is 3.21. The third kappa shape index (κ3) is 3.32. The predicted octanol–water partition coefficient (Wildman–Crippen LogP) is 1.64. The van der Waals surface area contributed by atoms with E-state index in [1.165, 1.54) is 4.31 Å². The van der Waals surface area contributed by atoms with Crippen LogP contribution in [0.3, 0.4) is 0 Å². The van der Waals surface area contributed by atoms with Gasteiger partial charge >= 0.3 is 0 Å². The molecule has 7 nitrogen and oxygen atoms in total. The number of hydrogen-bond acceptors (Lipinski definition) is 6. The number of sulfonamides is 1. The highest BCUT2D eigenvalue weighted by molar-refractivity contribution is 7.89. The second-order valence-corrected chi connectivity index (χ2v) is 8.11. The Balaban J connectivity index is 1.52. The van der Waals surface area contributed by atoms with E-state index in [-0.39, 0.29) is 6.10 Å². The zero-order chi connectivity index (χ0) is 17.3. The number of rotatable bonds is 4. The van der Waals surface area contributed by atoms with E-state index in [2.05, 4.69) is 10.2 Å². The van der Waals surface area contributed by atoms with E-state index in [0.717, 1.165) is 30.6 Å². The Bertz CT molecular complexity index is 857. The lowest BCUT2D eigenvalue weighted by Gasteiger charge is -2.31. The second-order valence-electron chi connectivity index (χ2n) is 6.18. The summed E-state index contributed by atoms with van der Waals surface area (Å²) in [5.41, 5.74) is 0.949. The third-order valence-corrected chi connectivity index (χ3v) is 6.34. The van der Waals surface area contributed by atoms with Crippen LogP contribution in [-0.2, 0) is 16.4 Å². The average Bonchev–Trinajstić information content (AvgIpc) is 3.10. The van der Waals surface area contributed by atoms with Gasteiger partial charge in [-0.05, 0) is 42.7 Å². The van der Waals surface area contributed by atoms with E-state index in [4.69, 9.17) is 9.47 Å². The van der Waals surface area contributed by atoms with Gasteiger partial charge in [0.25, 0.3) is 0 Å². The highest BCUT2D eigenvalue weighted by Gasteiger charge is 2.32. The molecule has 0 radical (unpaired) electrons. The van der Waals surface area contributed by atoms with Crippen molar-refractivity contribution >= 4 is 10.0 Å². The highest BCUT2D eigenvalue weighted by atomic mass is 32.2. The Kier molecular flexibility index (Phi) is 4.30. The van der Waals surface area contributed by atoms with Crippen LogP contribution in [0.25, 0.3) is 0 Å². The SMILES string of the molecule is O=S(=O)(c1ccc2c(c1)CCO2)N1CCCC(Oc2cccnn2)C1. The first-order valence-electron chi connectivity index (χ1n) is 8.33. The van der Waals surface area contributed by atoms with E-state index < -0.39 is 10.0 Å². The van der Waals surface area contributed by atoms with E-state index in [9.17, 15) is 8.42 Å². The van der Waals surface area contributed by atoms with Crippen LogP contribution >= 0.6 is 0 Å². The van der Waals surface area contributed by atoms with Crippen molar-refractivity contribution in [1.82, 2.24) is 14.5 Å². The van der Waals surface area contributed by atoms with E-state index in [1.54, 1.807) is 36.5 Å². The molecule has 0 spiro atoms. The molecule has 2 aliphatic rings. The van der Waals surface area contributed by atoms with Crippen LogP contribution in [0.15, 0.2) is 41.4 Å². The van der Waals surface area contributed by atoms with Gasteiger partial charge in [0, 0.05) is 25.2 Å². The van der Waals surface area contributed by atoms with E-state index >= 15 is 0 Å². The van der Waals surface area contributed by atoms with Gasteiger partial charge < -0.3 is 9.47 Å². The van der Waals surface area contributed by atoms with E-state index in [1.807, 2.05) is 0 Å². The first kappa shape index (κ1) is 16.3. The number of benzene rings is 1. The summed E-state index contributed by atoms with van der Waals surface area (Å²) in [6, 6.07) is 8.55. The van der Waals surface area contributed by atoms with Gasteiger partial charge in [-0.3, -0.25) is 0 Å². The van der Waals surface area contributed by atoms with Crippen LogP contribution in [0.2, 0.25) is 0 Å². The second kappa shape index (κ2) is 6.61. The smallest absolute Gasteiger partial charge is 0.243 e. The molecular weight excluding hydrogens is 342 g/mol. The van der Waals surface area contributed by atoms with Gasteiger partial charge in [-0.2, -0.15) is 9.40 Å². The molecule has 2 aliphatic heterocycles. The number of fused-ring (bicyclic) bond motifs is 1. The third-order valence-electron chi connectivity index (χ3n) is 4.47. The fourth-order valence-corrected chi connectivity index (χ4v) is 4.77. The van der Waals surface area contributed by atoms with Crippen molar-refractivity contribution in [3.8, 4) is 11.6 Å². The molecule has 0 N–H and O–H groups in total. The molecular formula is C17H19N3O4S. The molecule has 1 aromatic carbocycles. The quantitative estimate of drug-likeness (QED) is 0.823. The fraction of sp³-hybridized carbons (Fsp3) is 0.412. The summed E-state index contributed by atoms with van der Waals surface area (Å²) in [5.74, 6) is 1.20. The van der Waals surface area contributed by atoms with Crippen LogP contribution in [0.5, 0.6) is 11.6 Å². The lowest BCUT2D eigenvalue weighted by atomic mass is 10.1. The average molecular weight is 361 g/mol. The van der Waals surface area contributed by atoms with Crippen LogP contribution < -0.4 is 9.47 Å². The molecule has 0 saturated carbocycles. The first-order valence-corrected chi connectivity index (χ1v) is 9.77. The normalized spacial score (nSPS) is 20.7. The lowest BCUT2D eigenvalue weighted by molar-refractivity contribution is 0.123. The molecule has 3 heterocycles. The number of hydrogen-bond donors (Lipinski definition) is 0. The number of aromatic nitrogens is 2. The summed E-state index contributed by atoms with van der Waals surface area (Å²) >= 11 is 0. The summed E-state index contributed by atoms with van der Waals surface area (Å²) in [6.45, 7) is 1.42. The largest absolute Gasteiger partial charge is 0.493 e. The zero-order valence-electron chi connectivity index (χ0n) is 13.7. The van der Waals surface area contributed by atoms with Crippen LogP contribution in [-0.4, -0.2) is 48.7 Å². The Morgan fingerprint density at radius 3 is 3.04 bits per heavy atom. The predicted molar refractivity (Wildman–Crippen MR) is 90.1 cm³/mol. The molecule has 2 aromatic rings. The number of nitrogens with zero attached hydrogens (tertiary/aromatic N) is 3. The van der Waals surface area contributed by atoms with Gasteiger partial charge in [0.05, 0.1) is 18.0 Å². The molecule has 4 rings (SSSR count). The molecule has 132 valence electrons. The maximum Gasteiger partial charge on any atom is 0.243 e. The minimum atomic E-state index is -3.55. The number of ether oxygens (including phenoxy) is 2. The topological polar surface area (TPSA) is 81.6 Å². The van der Waals surface area contributed by atoms with E-state index in [0.29, 0.717) is 30.5 Å². The molecule has 1 unspecified atom stereocenters. The molecule has 25 heavy (non-hydrogen) atoms. The summed E-state index contributed by atoms with van der Waals surface area (Å²) in [7, 11) is -3.55. The maximum atomic E-state index is 13.0. The highest BCUT2D eigenvalue weighted by Crippen LogP contribution is 2.30. The molecule has 0 aliphatic carbocycles. The van der Waals surface area contributed by atoms with Crippen molar-refractivity contribution in [2.75, 3.05) is 19.7 Å². The van der Waals surface area contributed by atoms with Crippen molar-refractivity contribution in [3.05, 3.63) is 42.1 Å². The van der Waals surface area contributed by atoms with Crippen molar-refractivity contribution in [2.24, 2.45) is 0 Å². The molecule has 0 amide bonds. The van der Waals surface area contributed by atoms with Gasteiger partial charge in [-0.1, -0.05) is 0 Å². The van der Waals surface area contributed by atoms with Gasteiger partial charge in [-0.15, -0.1) is 5.10 Å². The lowest BCUT2D eigenvalue weighted by Crippen LogP contribution is -2.44. The molecule has 8 heteroatoms. The van der Waals surface area contributed by atoms with Gasteiger partial charge in [0.1, 0.15) is 11.9 Å². The summed E-state index contributed by atoms with van der Waals surface area (Å²) in [5, 5.41) is 7.68. The van der Waals surface area contributed by atoms with Crippen LogP contribution in [0.1, 0.15) is 18.4 Å². The van der Waals surface area contributed by atoms with Crippen LogP contribution in [0, 0.1) is 0 Å². The molecule has 1 fully saturated rings. The van der Waals surface area contributed by atoms with Crippen LogP contribution in [0.4, 0.5) is 0 Å². The summed E-state index contributed by atoms with van der Waals surface area (Å²) in [4.78, 5) is 0.317. The monoisotopic (exact) mass is 361 g/mol. The van der Waals surface area contributed by atoms with Crippen molar-refractivity contribution in [3.63, 3.8) is 0 Å². The molecule has 1 atom stereocenters. The zero-order valence-corrected chi connectivity index (χ0v) is 14.5. The Hall–Kier alpha value is -2.19. The Labute approximate surface area is 146 Å². The minimum Gasteiger partial charge on any atom is -0.493 e. The van der Waals surface area contributed by atoms with Gasteiger partial charge in [-0.25, -0.2) is 8.42 Å². The van der Waals surface area contributed by atoms with Crippen molar-refractivity contribution < 1.29 is 17.9 Å².